The van der Waals surface area contributed by atoms with Crippen LogP contribution >= 0.6 is 0 Å². The second-order valence-corrected chi connectivity index (χ2v) is 4.53. The smallest absolute Gasteiger partial charge is 0.147 e. The molecule has 0 unspecified atom stereocenters. The normalized spacial score (nSPS) is 14.6. The number of fused-ring (bicyclic) bond motifs is 1. The van der Waals surface area contributed by atoms with Crippen molar-refractivity contribution >= 4 is 0 Å². The average Bonchev–Trinajstić information content (AvgIpc) is 2.73. The lowest BCUT2D eigenvalue weighted by Gasteiger charge is -2.16. The number of nitrogens with zero attached hydrogens (tertiary/aromatic N) is 3. The van der Waals surface area contributed by atoms with Crippen molar-refractivity contribution in [2.75, 3.05) is 6.54 Å². The van der Waals surface area contributed by atoms with E-state index in [2.05, 4.69) is 51.3 Å². The molecule has 1 aromatic heterocycles. The first kappa shape index (κ1) is 10.5. The first-order chi connectivity index (χ1) is 8.33. The van der Waals surface area contributed by atoms with Crippen molar-refractivity contribution in [3.8, 4) is 0 Å². The van der Waals surface area contributed by atoms with Crippen LogP contribution in [-0.2, 0) is 19.5 Å². The van der Waals surface area contributed by atoms with E-state index in [0.717, 1.165) is 37.7 Å². The summed E-state index contributed by atoms with van der Waals surface area (Å²) >= 11 is 0. The van der Waals surface area contributed by atoms with E-state index in [9.17, 15) is 0 Å². The highest BCUT2D eigenvalue weighted by Gasteiger charge is 2.15. The molecule has 88 valence electrons. The van der Waals surface area contributed by atoms with E-state index < -0.39 is 0 Å². The molecule has 0 atom stereocenters. The molecule has 4 nitrogen and oxygen atoms in total. The third-order valence-corrected chi connectivity index (χ3v) is 3.14. The summed E-state index contributed by atoms with van der Waals surface area (Å²) in [5.74, 6) is 2.13. The van der Waals surface area contributed by atoms with Gasteiger partial charge in [-0.3, -0.25) is 0 Å². The highest BCUT2D eigenvalue weighted by molar-refractivity contribution is 5.25. The predicted molar refractivity (Wildman–Crippen MR) is 65.7 cm³/mol. The van der Waals surface area contributed by atoms with Crippen LogP contribution in [-0.4, -0.2) is 21.3 Å². The molecule has 0 bridgehead atoms. The quantitative estimate of drug-likeness (QED) is 0.842. The lowest BCUT2D eigenvalue weighted by Crippen LogP contribution is -2.29. The Balaban J connectivity index is 1.88. The molecule has 0 fully saturated rings. The largest absolute Gasteiger partial charge is 0.312 e. The molecular formula is C13H16N4. The zero-order chi connectivity index (χ0) is 11.7. The monoisotopic (exact) mass is 228 g/mol. The first-order valence-electron chi connectivity index (χ1n) is 6.00. The number of aryl methyl sites for hydroxylation is 1. The Morgan fingerprint density at radius 2 is 2.29 bits per heavy atom. The van der Waals surface area contributed by atoms with Gasteiger partial charge in [0.2, 0.25) is 0 Å². The van der Waals surface area contributed by atoms with Crippen molar-refractivity contribution in [1.29, 1.82) is 0 Å². The molecule has 1 aromatic carbocycles. The van der Waals surface area contributed by atoms with E-state index in [1.807, 2.05) is 0 Å². The van der Waals surface area contributed by atoms with Gasteiger partial charge in [0.25, 0.3) is 0 Å². The number of rotatable bonds is 2. The molecule has 2 aromatic rings. The third kappa shape index (κ3) is 2.08. The summed E-state index contributed by atoms with van der Waals surface area (Å²) in [6.45, 7) is 4.93. The number of benzene rings is 1. The van der Waals surface area contributed by atoms with Gasteiger partial charge >= 0.3 is 0 Å². The number of hydrogen-bond acceptors (Lipinski definition) is 3. The lowest BCUT2D eigenvalue weighted by molar-refractivity contribution is 0.496. The van der Waals surface area contributed by atoms with Crippen LogP contribution in [0.25, 0.3) is 0 Å². The SMILES string of the molecule is Cc1cccc(Cc2nnc3n2CCNC3)c1. The van der Waals surface area contributed by atoms with Crippen LogP contribution in [0.3, 0.4) is 0 Å². The van der Waals surface area contributed by atoms with Crippen LogP contribution in [0, 0.1) is 6.92 Å². The van der Waals surface area contributed by atoms with Crippen LogP contribution in [0.5, 0.6) is 0 Å². The summed E-state index contributed by atoms with van der Waals surface area (Å²) < 4.78 is 2.23. The van der Waals surface area contributed by atoms with E-state index in [1.54, 1.807) is 0 Å². The molecule has 2 heterocycles. The van der Waals surface area contributed by atoms with Crippen LogP contribution in [0.1, 0.15) is 22.8 Å². The van der Waals surface area contributed by atoms with E-state index >= 15 is 0 Å². The van der Waals surface area contributed by atoms with Crippen molar-refractivity contribution in [2.45, 2.75) is 26.4 Å². The molecule has 0 aliphatic carbocycles. The number of nitrogens with one attached hydrogen (secondary N) is 1. The minimum Gasteiger partial charge on any atom is -0.312 e. The van der Waals surface area contributed by atoms with Crippen molar-refractivity contribution in [3.63, 3.8) is 0 Å². The maximum atomic E-state index is 4.30. The second kappa shape index (κ2) is 4.30. The third-order valence-electron chi connectivity index (χ3n) is 3.14. The zero-order valence-electron chi connectivity index (χ0n) is 9.98. The topological polar surface area (TPSA) is 42.7 Å². The average molecular weight is 228 g/mol. The van der Waals surface area contributed by atoms with E-state index in [-0.39, 0.29) is 0 Å². The molecule has 4 heteroatoms. The summed E-state index contributed by atoms with van der Waals surface area (Å²) in [6.07, 6.45) is 0.870. The zero-order valence-corrected chi connectivity index (χ0v) is 9.98. The summed E-state index contributed by atoms with van der Waals surface area (Å²) in [7, 11) is 0. The fraction of sp³-hybridized carbons (Fsp3) is 0.385. The van der Waals surface area contributed by atoms with Crippen molar-refractivity contribution in [1.82, 2.24) is 20.1 Å². The van der Waals surface area contributed by atoms with Crippen molar-refractivity contribution in [3.05, 3.63) is 47.0 Å². The molecule has 1 aliphatic heterocycles. The first-order valence-corrected chi connectivity index (χ1v) is 6.00. The second-order valence-electron chi connectivity index (χ2n) is 4.53. The van der Waals surface area contributed by atoms with Gasteiger partial charge < -0.3 is 9.88 Å². The Hall–Kier alpha value is -1.68. The molecule has 1 aliphatic rings. The fourth-order valence-corrected chi connectivity index (χ4v) is 2.29. The summed E-state index contributed by atoms with van der Waals surface area (Å²) in [5, 5.41) is 11.8. The van der Waals surface area contributed by atoms with E-state index in [1.165, 1.54) is 11.1 Å². The Morgan fingerprint density at radius 1 is 1.35 bits per heavy atom. The maximum Gasteiger partial charge on any atom is 0.147 e. The van der Waals surface area contributed by atoms with Crippen LogP contribution in [0.2, 0.25) is 0 Å². The fourth-order valence-electron chi connectivity index (χ4n) is 2.29. The molecule has 0 saturated heterocycles. The number of aromatic nitrogens is 3. The molecule has 0 spiro atoms. The standard InChI is InChI=1S/C13H16N4/c1-10-3-2-4-11(7-10)8-12-15-16-13-9-14-5-6-17(12)13/h2-4,7,14H,5-6,8-9H2,1H3. The molecule has 17 heavy (non-hydrogen) atoms. The predicted octanol–water partition coefficient (Wildman–Crippen LogP) is 1.28. The highest BCUT2D eigenvalue weighted by Crippen LogP contribution is 2.12. The Bertz CT molecular complexity index is 530. The van der Waals surface area contributed by atoms with Crippen molar-refractivity contribution < 1.29 is 0 Å². The van der Waals surface area contributed by atoms with Crippen LogP contribution in [0.15, 0.2) is 24.3 Å². The lowest BCUT2D eigenvalue weighted by atomic mass is 10.1. The maximum absolute atomic E-state index is 4.30. The van der Waals surface area contributed by atoms with Gasteiger partial charge in [0.1, 0.15) is 11.6 Å². The van der Waals surface area contributed by atoms with E-state index in [4.69, 9.17) is 0 Å². The van der Waals surface area contributed by atoms with Gasteiger partial charge in [-0.15, -0.1) is 10.2 Å². The Morgan fingerprint density at radius 3 is 3.18 bits per heavy atom. The molecular weight excluding hydrogens is 212 g/mol. The van der Waals surface area contributed by atoms with Gasteiger partial charge in [0.15, 0.2) is 0 Å². The minimum atomic E-state index is 0.834. The van der Waals surface area contributed by atoms with Gasteiger partial charge in [-0.1, -0.05) is 29.8 Å². The van der Waals surface area contributed by atoms with Gasteiger partial charge in [-0.2, -0.15) is 0 Å². The highest BCUT2D eigenvalue weighted by atomic mass is 15.3. The molecule has 0 radical (unpaired) electrons. The van der Waals surface area contributed by atoms with Gasteiger partial charge in [-0.25, -0.2) is 0 Å². The molecule has 1 N–H and O–H groups in total. The van der Waals surface area contributed by atoms with E-state index in [0.29, 0.717) is 0 Å². The van der Waals surface area contributed by atoms with Gasteiger partial charge in [-0.05, 0) is 12.5 Å². The van der Waals surface area contributed by atoms with Gasteiger partial charge in [0, 0.05) is 19.5 Å². The molecule has 0 saturated carbocycles. The summed E-state index contributed by atoms with van der Waals surface area (Å²) in [5.41, 5.74) is 2.60. The minimum absolute atomic E-state index is 0.834. The molecule has 0 amide bonds. The Kier molecular flexibility index (Phi) is 2.65. The van der Waals surface area contributed by atoms with Crippen LogP contribution < -0.4 is 5.32 Å². The summed E-state index contributed by atoms with van der Waals surface area (Å²) in [4.78, 5) is 0. The van der Waals surface area contributed by atoms with Crippen LogP contribution in [0.4, 0.5) is 0 Å². The number of hydrogen-bond donors (Lipinski definition) is 1. The summed E-state index contributed by atoms with van der Waals surface area (Å²) in [6, 6.07) is 8.57. The van der Waals surface area contributed by atoms with Crippen molar-refractivity contribution in [2.24, 2.45) is 0 Å². The Labute approximate surface area is 101 Å². The molecule has 3 rings (SSSR count). The van der Waals surface area contributed by atoms with Gasteiger partial charge in [0.05, 0.1) is 6.54 Å².